The van der Waals surface area contributed by atoms with Crippen LogP contribution in [0.2, 0.25) is 0 Å². The Bertz CT molecular complexity index is 915. The summed E-state index contributed by atoms with van der Waals surface area (Å²) in [5, 5.41) is 11.6. The second-order valence-corrected chi connectivity index (χ2v) is 9.88. The van der Waals surface area contributed by atoms with Crippen LogP contribution in [-0.2, 0) is 16.5 Å². The summed E-state index contributed by atoms with van der Waals surface area (Å²) in [6, 6.07) is 10.4. The molecule has 2 aromatic carbocycles. The summed E-state index contributed by atoms with van der Waals surface area (Å²) < 4.78 is 38.2. The first-order valence-corrected chi connectivity index (χ1v) is 13.4. The topological polar surface area (TPSA) is 86.7 Å². The Morgan fingerprint density at radius 1 is 0.818 bits per heavy atom. The minimum atomic E-state index is -4.33. The van der Waals surface area contributed by atoms with Crippen LogP contribution in [-0.4, -0.2) is 13.0 Å². The second kappa shape index (κ2) is 16.6. The van der Waals surface area contributed by atoms with Crippen LogP contribution >= 0.6 is 0 Å². The quantitative estimate of drug-likeness (QED) is 0.221. The van der Waals surface area contributed by atoms with Crippen LogP contribution < -0.4 is 39.4 Å². The van der Waals surface area contributed by atoms with Gasteiger partial charge in [-0.1, -0.05) is 95.8 Å². The first kappa shape index (κ1) is 30.0. The van der Waals surface area contributed by atoms with Crippen molar-refractivity contribution in [2.24, 2.45) is 0 Å². The van der Waals surface area contributed by atoms with Crippen LogP contribution in [0.4, 0.5) is 0 Å². The van der Waals surface area contributed by atoms with Crippen LogP contribution in [0.15, 0.2) is 47.4 Å². The van der Waals surface area contributed by atoms with Gasteiger partial charge in [0.2, 0.25) is 0 Å². The van der Waals surface area contributed by atoms with Crippen molar-refractivity contribution in [1.29, 1.82) is 0 Å². The number of ether oxygens (including phenoxy) is 1. The van der Waals surface area contributed by atoms with Crippen molar-refractivity contribution >= 4 is 10.1 Å². The molecule has 5 nitrogen and oxygen atoms in total. The van der Waals surface area contributed by atoms with Crippen molar-refractivity contribution in [3.63, 3.8) is 0 Å². The predicted molar refractivity (Wildman–Crippen MR) is 127 cm³/mol. The molecule has 0 amide bonds. The summed E-state index contributed by atoms with van der Waals surface area (Å²) in [4.78, 5) is -0.218. The van der Waals surface area contributed by atoms with Crippen molar-refractivity contribution in [2.45, 2.75) is 95.3 Å². The van der Waals surface area contributed by atoms with Crippen molar-refractivity contribution in [3.8, 4) is 17.2 Å². The number of hydrogen-bond acceptors (Lipinski definition) is 4. The van der Waals surface area contributed by atoms with Crippen LogP contribution in [0.1, 0.15) is 89.5 Å². The normalized spacial score (nSPS) is 11.2. The summed E-state index contributed by atoms with van der Waals surface area (Å²) in [5.74, 6) is 0.519. The maximum absolute atomic E-state index is 11.6. The van der Waals surface area contributed by atoms with E-state index < -0.39 is 10.1 Å². The first-order chi connectivity index (χ1) is 15.4. The Morgan fingerprint density at radius 2 is 1.39 bits per heavy atom. The third-order valence-corrected chi connectivity index (χ3v) is 6.52. The molecule has 0 heterocycles. The smallest absolute Gasteiger partial charge is 0.872 e. The monoisotopic (exact) mass is 484 g/mol. The van der Waals surface area contributed by atoms with Gasteiger partial charge in [-0.05, 0) is 36.6 Å². The Labute approximate surface area is 222 Å². The molecule has 0 aliphatic heterocycles. The van der Waals surface area contributed by atoms with Crippen molar-refractivity contribution in [2.75, 3.05) is 0 Å². The zero-order valence-corrected chi connectivity index (χ0v) is 23.0. The fourth-order valence-electron chi connectivity index (χ4n) is 3.82. The van der Waals surface area contributed by atoms with Gasteiger partial charge in [-0.3, -0.25) is 4.55 Å². The molecule has 0 unspecified atom stereocenters. The molecule has 0 aromatic heterocycles. The fourth-order valence-corrected chi connectivity index (χ4v) is 4.31. The third-order valence-electron chi connectivity index (χ3n) is 5.67. The van der Waals surface area contributed by atoms with Gasteiger partial charge in [-0.15, -0.1) is 5.75 Å². The Hall–Kier alpha value is -1.05. The SMILES string of the molecule is CCCCCCCCCCCCCCc1ccc(S(=O)(=O)O)cc1Oc1cccc([O-])c1.[Na+]. The average molecular weight is 485 g/mol. The second-order valence-electron chi connectivity index (χ2n) is 8.46. The van der Waals surface area contributed by atoms with Gasteiger partial charge in [0.1, 0.15) is 11.5 Å². The number of rotatable bonds is 16. The molecule has 0 saturated carbocycles. The molecule has 0 aliphatic rings. The molecule has 0 radical (unpaired) electrons. The molecule has 2 rings (SSSR count). The van der Waals surface area contributed by atoms with Crippen LogP contribution in [0.5, 0.6) is 17.2 Å². The van der Waals surface area contributed by atoms with E-state index in [-0.39, 0.29) is 40.2 Å². The Kier molecular flexibility index (Phi) is 15.0. The van der Waals surface area contributed by atoms with Gasteiger partial charge < -0.3 is 9.84 Å². The van der Waals surface area contributed by atoms with Crippen LogP contribution in [0.3, 0.4) is 0 Å². The molecule has 0 aliphatic carbocycles. The fraction of sp³-hybridized carbons (Fsp3) is 0.538. The Balaban J connectivity index is 0.00000544. The molecule has 0 bridgehead atoms. The van der Waals surface area contributed by atoms with E-state index in [4.69, 9.17) is 4.74 Å². The summed E-state index contributed by atoms with van der Waals surface area (Å²) >= 11 is 0. The number of unbranched alkanes of at least 4 members (excludes halogenated alkanes) is 11. The summed E-state index contributed by atoms with van der Waals surface area (Å²) in [5.41, 5.74) is 0.862. The maximum atomic E-state index is 11.6. The zero-order valence-electron chi connectivity index (χ0n) is 20.2. The number of benzene rings is 2. The summed E-state index contributed by atoms with van der Waals surface area (Å²) in [6.07, 6.45) is 16.0. The minimum absolute atomic E-state index is 0. The van der Waals surface area contributed by atoms with E-state index >= 15 is 0 Å². The van der Waals surface area contributed by atoms with E-state index in [2.05, 4.69) is 6.92 Å². The number of aryl methyl sites for hydroxylation is 1. The summed E-state index contributed by atoms with van der Waals surface area (Å²) in [6.45, 7) is 2.25. The number of hydrogen-bond donors (Lipinski definition) is 1. The van der Waals surface area contributed by atoms with Crippen molar-refractivity contribution < 1.29 is 52.4 Å². The van der Waals surface area contributed by atoms with Gasteiger partial charge in [0.15, 0.2) is 0 Å². The predicted octanol–water partition coefficient (Wildman–Crippen LogP) is 4.05. The average Bonchev–Trinajstić information content (AvgIpc) is 2.74. The maximum Gasteiger partial charge on any atom is 1.00 e. The van der Waals surface area contributed by atoms with Gasteiger partial charge in [-0.25, -0.2) is 0 Å². The molecule has 1 N–H and O–H groups in total. The standard InChI is InChI=1S/C26H38O5S.Na/c1-2-3-4-5-6-7-8-9-10-11-12-13-15-22-18-19-25(32(28,29)30)21-26(22)31-24-17-14-16-23(27)20-24;/h14,16-21,27H,2-13,15H2,1H3,(H,28,29,30);/q;+1/p-1. The van der Waals surface area contributed by atoms with Gasteiger partial charge in [0, 0.05) is 6.07 Å². The van der Waals surface area contributed by atoms with E-state index in [1.807, 2.05) is 0 Å². The molecule has 0 atom stereocenters. The van der Waals surface area contributed by atoms with Gasteiger partial charge in [0.25, 0.3) is 10.1 Å². The van der Waals surface area contributed by atoms with E-state index in [1.54, 1.807) is 18.2 Å². The summed E-state index contributed by atoms with van der Waals surface area (Å²) in [7, 11) is -4.33. The van der Waals surface area contributed by atoms with Gasteiger partial charge >= 0.3 is 29.6 Å². The van der Waals surface area contributed by atoms with E-state index in [0.717, 1.165) is 24.8 Å². The molecule has 7 heteroatoms. The van der Waals surface area contributed by atoms with E-state index in [0.29, 0.717) is 11.5 Å². The first-order valence-electron chi connectivity index (χ1n) is 12.0. The van der Waals surface area contributed by atoms with Crippen molar-refractivity contribution in [1.82, 2.24) is 0 Å². The molecule has 33 heavy (non-hydrogen) atoms. The van der Waals surface area contributed by atoms with Crippen LogP contribution in [0, 0.1) is 0 Å². The molecule has 2 aromatic rings. The molecule has 178 valence electrons. The molecule has 0 saturated heterocycles. The van der Waals surface area contributed by atoms with E-state index in [9.17, 15) is 18.1 Å². The largest absolute Gasteiger partial charge is 1.00 e. The Morgan fingerprint density at radius 3 is 1.94 bits per heavy atom. The van der Waals surface area contributed by atoms with Gasteiger partial charge in [0.05, 0.1) is 4.90 Å². The van der Waals surface area contributed by atoms with E-state index in [1.165, 1.54) is 88.5 Å². The van der Waals surface area contributed by atoms with Crippen LogP contribution in [0.25, 0.3) is 0 Å². The third kappa shape index (κ3) is 12.3. The molecule has 0 spiro atoms. The molecular weight excluding hydrogens is 447 g/mol. The minimum Gasteiger partial charge on any atom is -0.872 e. The molecule has 0 fully saturated rings. The van der Waals surface area contributed by atoms with Gasteiger partial charge in [-0.2, -0.15) is 8.42 Å². The zero-order chi connectivity index (χ0) is 23.2. The molecular formula is C26H37NaO5S. The van der Waals surface area contributed by atoms with Crippen molar-refractivity contribution in [3.05, 3.63) is 48.0 Å².